The lowest BCUT2D eigenvalue weighted by Gasteiger charge is -2.23. The van der Waals surface area contributed by atoms with E-state index in [1.807, 2.05) is 0 Å². The molecule has 1 aromatic heterocycles. The van der Waals surface area contributed by atoms with Crippen molar-refractivity contribution < 1.29 is 35.5 Å². The van der Waals surface area contributed by atoms with Crippen LogP contribution >= 0.6 is 0 Å². The van der Waals surface area contributed by atoms with Gasteiger partial charge in [-0.1, -0.05) is 0 Å². The fraction of sp³-hybridized carbons (Fsp3) is 0.250. The van der Waals surface area contributed by atoms with Gasteiger partial charge in [0.05, 0.1) is 10.6 Å². The molecule has 12 heteroatoms. The Labute approximate surface area is 204 Å². The molecule has 1 N–H and O–H groups in total. The van der Waals surface area contributed by atoms with Gasteiger partial charge in [-0.25, -0.2) is 17.2 Å². The van der Waals surface area contributed by atoms with Gasteiger partial charge in [0.25, 0.3) is 0 Å². The molecule has 1 aliphatic rings. The molecular formula is C24H21F4N3O4S. The molecule has 0 radical (unpaired) electrons. The molecule has 0 spiro atoms. The zero-order chi connectivity index (χ0) is 25.9. The highest BCUT2D eigenvalue weighted by Crippen LogP contribution is 2.28. The molecule has 1 amide bonds. The first-order chi connectivity index (χ1) is 17.1. The van der Waals surface area contributed by atoms with Crippen LogP contribution in [0.3, 0.4) is 0 Å². The summed E-state index contributed by atoms with van der Waals surface area (Å²) in [6.45, 7) is -3.41. The number of rotatable bonds is 8. The van der Waals surface area contributed by atoms with Crippen molar-refractivity contribution in [1.82, 2.24) is 14.6 Å². The Hall–Kier alpha value is -3.51. The quantitative estimate of drug-likeness (QED) is 0.453. The average Bonchev–Trinajstić information content (AvgIpc) is 3.26. The standard InChI is InChI=1S/C24H21F4N3O4S/c25-17-3-7-20(8-4-17)36(33,34)31-14-18(26)12-22(31)23(32)30-13-15-9-10-29-21(11-15)16-1-5-19(6-2-16)35-24(27)28/h1-11,18,22,24H,12-14H2,(H,30,32)/t18-,22+/m1/s1. The molecule has 2 atom stereocenters. The van der Waals surface area contributed by atoms with E-state index in [1.165, 1.54) is 18.3 Å². The normalized spacial score (nSPS) is 18.4. The van der Waals surface area contributed by atoms with Crippen LogP contribution in [0.4, 0.5) is 17.6 Å². The predicted octanol–water partition coefficient (Wildman–Crippen LogP) is 3.91. The van der Waals surface area contributed by atoms with E-state index in [2.05, 4.69) is 15.0 Å². The largest absolute Gasteiger partial charge is 0.435 e. The summed E-state index contributed by atoms with van der Waals surface area (Å²) in [5.74, 6) is -1.30. The van der Waals surface area contributed by atoms with Crippen molar-refractivity contribution >= 4 is 15.9 Å². The van der Waals surface area contributed by atoms with Crippen LogP contribution in [0.1, 0.15) is 12.0 Å². The van der Waals surface area contributed by atoms with Gasteiger partial charge in [0, 0.05) is 31.3 Å². The Morgan fingerprint density at radius 2 is 1.81 bits per heavy atom. The van der Waals surface area contributed by atoms with Gasteiger partial charge in [0.2, 0.25) is 15.9 Å². The van der Waals surface area contributed by atoms with Crippen molar-refractivity contribution in [3.05, 3.63) is 78.2 Å². The molecule has 2 aromatic carbocycles. The Bertz CT molecular complexity index is 1320. The first-order valence-corrected chi connectivity index (χ1v) is 12.3. The van der Waals surface area contributed by atoms with Crippen molar-refractivity contribution in [2.75, 3.05) is 6.54 Å². The number of hydrogen-bond donors (Lipinski definition) is 1. The van der Waals surface area contributed by atoms with Crippen molar-refractivity contribution in [2.24, 2.45) is 0 Å². The Morgan fingerprint density at radius 1 is 1.11 bits per heavy atom. The molecule has 36 heavy (non-hydrogen) atoms. The van der Waals surface area contributed by atoms with Crippen LogP contribution in [0.5, 0.6) is 5.75 Å². The van der Waals surface area contributed by atoms with Crippen molar-refractivity contribution in [3.8, 4) is 17.0 Å². The molecule has 3 aromatic rings. The number of sulfonamides is 1. The van der Waals surface area contributed by atoms with Crippen LogP contribution in [-0.4, -0.2) is 49.0 Å². The number of halogens is 4. The van der Waals surface area contributed by atoms with Gasteiger partial charge in [-0.15, -0.1) is 0 Å². The Kier molecular flexibility index (Phi) is 7.55. The van der Waals surface area contributed by atoms with E-state index in [-0.39, 0.29) is 23.6 Å². The first kappa shape index (κ1) is 25.6. The van der Waals surface area contributed by atoms with Crippen LogP contribution in [0, 0.1) is 5.82 Å². The van der Waals surface area contributed by atoms with Gasteiger partial charge >= 0.3 is 6.61 Å². The fourth-order valence-electron chi connectivity index (χ4n) is 3.86. The first-order valence-electron chi connectivity index (χ1n) is 10.8. The summed E-state index contributed by atoms with van der Waals surface area (Å²) in [6, 6.07) is 12.0. The number of nitrogens with zero attached hydrogens (tertiary/aromatic N) is 2. The fourth-order valence-corrected chi connectivity index (χ4v) is 5.48. The second-order valence-electron chi connectivity index (χ2n) is 8.05. The Balaban J connectivity index is 1.45. The summed E-state index contributed by atoms with van der Waals surface area (Å²) in [5, 5.41) is 2.63. The number of aromatic nitrogens is 1. The van der Waals surface area contributed by atoms with Crippen LogP contribution in [0.2, 0.25) is 0 Å². The lowest BCUT2D eigenvalue weighted by molar-refractivity contribution is -0.124. The van der Waals surface area contributed by atoms with Crippen LogP contribution < -0.4 is 10.1 Å². The zero-order valence-corrected chi connectivity index (χ0v) is 19.5. The minimum Gasteiger partial charge on any atom is -0.435 e. The van der Waals surface area contributed by atoms with E-state index >= 15 is 0 Å². The predicted molar refractivity (Wildman–Crippen MR) is 122 cm³/mol. The van der Waals surface area contributed by atoms with Gasteiger partial charge < -0.3 is 10.1 Å². The topological polar surface area (TPSA) is 88.6 Å². The highest BCUT2D eigenvalue weighted by Gasteiger charge is 2.44. The van der Waals surface area contributed by atoms with Crippen molar-refractivity contribution in [3.63, 3.8) is 0 Å². The number of benzene rings is 2. The number of nitrogens with one attached hydrogen (secondary N) is 1. The SMILES string of the molecule is O=C(NCc1ccnc(-c2ccc(OC(F)F)cc2)c1)[C@@H]1C[C@@H](F)CN1S(=O)(=O)c1ccc(F)cc1. The van der Waals surface area contributed by atoms with Gasteiger partial charge in [0.15, 0.2) is 0 Å². The van der Waals surface area contributed by atoms with Crippen molar-refractivity contribution in [2.45, 2.75) is 36.7 Å². The summed E-state index contributed by atoms with van der Waals surface area (Å²) in [4.78, 5) is 16.8. The Morgan fingerprint density at radius 3 is 2.47 bits per heavy atom. The smallest absolute Gasteiger partial charge is 0.387 e. The molecule has 2 heterocycles. The zero-order valence-electron chi connectivity index (χ0n) is 18.7. The number of amides is 1. The monoisotopic (exact) mass is 523 g/mol. The van der Waals surface area contributed by atoms with Gasteiger partial charge in [-0.2, -0.15) is 13.1 Å². The molecule has 0 aliphatic carbocycles. The third-order valence-corrected chi connectivity index (χ3v) is 7.48. The molecule has 0 bridgehead atoms. The van der Waals surface area contributed by atoms with Gasteiger partial charge in [-0.3, -0.25) is 9.78 Å². The van der Waals surface area contributed by atoms with Crippen LogP contribution in [-0.2, 0) is 21.4 Å². The van der Waals surface area contributed by atoms with Crippen LogP contribution in [0.15, 0.2) is 71.8 Å². The van der Waals surface area contributed by atoms with Crippen molar-refractivity contribution in [1.29, 1.82) is 0 Å². The molecule has 7 nitrogen and oxygen atoms in total. The molecular weight excluding hydrogens is 502 g/mol. The van der Waals surface area contributed by atoms with Gasteiger partial charge in [0.1, 0.15) is 23.8 Å². The van der Waals surface area contributed by atoms with E-state index < -0.39 is 47.1 Å². The van der Waals surface area contributed by atoms with Crippen LogP contribution in [0.25, 0.3) is 11.3 Å². The number of hydrogen-bond acceptors (Lipinski definition) is 5. The summed E-state index contributed by atoms with van der Waals surface area (Å²) in [5.41, 5.74) is 1.76. The molecule has 1 fully saturated rings. The minimum absolute atomic E-state index is 0.0000393. The highest BCUT2D eigenvalue weighted by atomic mass is 32.2. The van der Waals surface area contributed by atoms with Gasteiger partial charge in [-0.05, 0) is 66.2 Å². The van der Waals surface area contributed by atoms with E-state index in [0.717, 1.165) is 28.6 Å². The van der Waals surface area contributed by atoms with E-state index in [4.69, 9.17) is 0 Å². The maximum absolute atomic E-state index is 14.2. The molecule has 190 valence electrons. The molecule has 0 unspecified atom stereocenters. The summed E-state index contributed by atoms with van der Waals surface area (Å²) in [6.07, 6.45) is -0.333. The summed E-state index contributed by atoms with van der Waals surface area (Å²) >= 11 is 0. The number of carbonyl (C=O) groups excluding carboxylic acids is 1. The van der Waals surface area contributed by atoms with E-state index in [9.17, 15) is 30.8 Å². The molecule has 1 saturated heterocycles. The highest BCUT2D eigenvalue weighted by molar-refractivity contribution is 7.89. The maximum Gasteiger partial charge on any atom is 0.387 e. The molecule has 1 aliphatic heterocycles. The van der Waals surface area contributed by atoms with E-state index in [1.54, 1.807) is 24.3 Å². The summed E-state index contributed by atoms with van der Waals surface area (Å²) in [7, 11) is -4.22. The molecule has 4 rings (SSSR count). The number of ether oxygens (including phenoxy) is 1. The average molecular weight is 524 g/mol. The number of pyridine rings is 1. The second-order valence-corrected chi connectivity index (χ2v) is 9.94. The number of alkyl halides is 3. The number of carbonyl (C=O) groups is 1. The minimum atomic E-state index is -4.22. The lowest BCUT2D eigenvalue weighted by Crippen LogP contribution is -2.45. The molecule has 0 saturated carbocycles. The maximum atomic E-state index is 14.2. The third-order valence-electron chi connectivity index (χ3n) is 5.59. The second kappa shape index (κ2) is 10.6. The third kappa shape index (κ3) is 5.82. The lowest BCUT2D eigenvalue weighted by atomic mass is 10.1. The summed E-state index contributed by atoms with van der Waals surface area (Å²) < 4.78 is 83.1. The van der Waals surface area contributed by atoms with E-state index in [0.29, 0.717) is 16.8 Å².